The summed E-state index contributed by atoms with van der Waals surface area (Å²) < 4.78 is 4.97. The number of nitrogens with two attached hydrogens (primary N) is 1. The van der Waals surface area contributed by atoms with Gasteiger partial charge in [-0.2, -0.15) is 0 Å². The minimum atomic E-state index is -0.901. The second-order valence-electron chi connectivity index (χ2n) is 2.55. The highest BCUT2D eigenvalue weighted by Gasteiger charge is 2.19. The fraction of sp³-hybridized carbons (Fsp3) is 1.00. The van der Waals surface area contributed by atoms with E-state index in [4.69, 9.17) is 20.7 Å². The highest BCUT2D eigenvalue weighted by molar-refractivity contribution is 4.75. The summed E-state index contributed by atoms with van der Waals surface area (Å²) >= 11 is 0. The van der Waals surface area contributed by atoms with Gasteiger partial charge in [0.15, 0.2) is 0 Å². The van der Waals surface area contributed by atoms with Crippen molar-refractivity contribution < 1.29 is 14.9 Å². The molecule has 3 atom stereocenters. The van der Waals surface area contributed by atoms with Gasteiger partial charge in [0.25, 0.3) is 0 Å². The predicted octanol–water partition coefficient (Wildman–Crippen LogP) is -0.908. The van der Waals surface area contributed by atoms with Crippen molar-refractivity contribution in [1.29, 1.82) is 0 Å². The molecule has 0 bridgehead atoms. The van der Waals surface area contributed by atoms with E-state index in [9.17, 15) is 0 Å². The molecule has 0 saturated heterocycles. The zero-order valence-corrected chi connectivity index (χ0v) is 7.03. The highest BCUT2D eigenvalue weighted by atomic mass is 16.5. The van der Waals surface area contributed by atoms with Gasteiger partial charge in [-0.25, -0.2) is 0 Å². The van der Waals surface area contributed by atoms with Crippen LogP contribution in [0.15, 0.2) is 0 Å². The number of aliphatic hydroxyl groups is 2. The molecule has 4 N–H and O–H groups in total. The van der Waals surface area contributed by atoms with Crippen molar-refractivity contribution in [2.45, 2.75) is 32.1 Å². The van der Waals surface area contributed by atoms with Crippen LogP contribution in [0, 0.1) is 0 Å². The highest BCUT2D eigenvalue weighted by Crippen LogP contribution is 1.97. The smallest absolute Gasteiger partial charge is 0.0969 e. The summed E-state index contributed by atoms with van der Waals surface area (Å²) in [5.74, 6) is 0. The van der Waals surface area contributed by atoms with E-state index in [1.807, 2.05) is 6.92 Å². The van der Waals surface area contributed by atoms with Crippen molar-refractivity contribution >= 4 is 0 Å². The van der Waals surface area contributed by atoms with E-state index in [-0.39, 0.29) is 6.61 Å². The van der Waals surface area contributed by atoms with E-state index in [1.165, 1.54) is 6.92 Å². The standard InChI is InChI=1S/C7H17NO3/c1-3-11-4-6(8)7(10)5(2)9/h5-7,9-10H,3-4,8H2,1-2H3/t5-,6+,7-/m1/s1. The quantitative estimate of drug-likeness (QED) is 0.490. The molecule has 0 fully saturated rings. The lowest BCUT2D eigenvalue weighted by Crippen LogP contribution is -2.44. The SMILES string of the molecule is CCOC[C@H](N)[C@H](O)[C@@H](C)O. The molecular weight excluding hydrogens is 146 g/mol. The first-order valence-corrected chi connectivity index (χ1v) is 3.79. The summed E-state index contributed by atoms with van der Waals surface area (Å²) in [4.78, 5) is 0. The van der Waals surface area contributed by atoms with Crippen LogP contribution < -0.4 is 5.73 Å². The van der Waals surface area contributed by atoms with Gasteiger partial charge in [-0.1, -0.05) is 0 Å². The molecule has 0 aliphatic heterocycles. The van der Waals surface area contributed by atoms with Crippen molar-refractivity contribution in [1.82, 2.24) is 0 Å². The van der Waals surface area contributed by atoms with Gasteiger partial charge in [0.2, 0.25) is 0 Å². The van der Waals surface area contributed by atoms with Crippen LogP contribution in [-0.2, 0) is 4.74 Å². The summed E-state index contributed by atoms with van der Waals surface area (Å²) in [5.41, 5.74) is 5.47. The van der Waals surface area contributed by atoms with Crippen molar-refractivity contribution in [3.63, 3.8) is 0 Å². The summed E-state index contributed by atoms with van der Waals surface area (Å²) in [6, 6.07) is -0.505. The first kappa shape index (κ1) is 10.8. The van der Waals surface area contributed by atoms with Gasteiger partial charge in [0.1, 0.15) is 0 Å². The molecule has 0 aliphatic rings. The normalized spacial score (nSPS) is 19.4. The van der Waals surface area contributed by atoms with E-state index in [1.54, 1.807) is 0 Å². The summed E-state index contributed by atoms with van der Waals surface area (Å²) in [6.45, 7) is 4.20. The molecular formula is C7H17NO3. The first-order chi connectivity index (χ1) is 5.09. The number of hydrogen-bond acceptors (Lipinski definition) is 4. The van der Waals surface area contributed by atoms with Gasteiger partial charge in [0, 0.05) is 6.61 Å². The Morgan fingerprint density at radius 1 is 1.45 bits per heavy atom. The van der Waals surface area contributed by atoms with Gasteiger partial charge >= 0.3 is 0 Å². The third-order valence-corrected chi connectivity index (χ3v) is 1.45. The molecule has 4 nitrogen and oxygen atoms in total. The maximum absolute atomic E-state index is 9.17. The lowest BCUT2D eigenvalue weighted by molar-refractivity contribution is -0.00790. The monoisotopic (exact) mass is 163 g/mol. The summed E-state index contributed by atoms with van der Waals surface area (Å²) in [5, 5.41) is 18.1. The van der Waals surface area contributed by atoms with E-state index < -0.39 is 18.2 Å². The Labute approximate surface area is 67.0 Å². The molecule has 0 rings (SSSR count). The molecule has 0 aliphatic carbocycles. The molecule has 0 radical (unpaired) electrons. The zero-order valence-electron chi connectivity index (χ0n) is 7.03. The molecule has 0 heterocycles. The average Bonchev–Trinajstić information content (AvgIpc) is 1.98. The molecule has 0 spiro atoms. The predicted molar refractivity (Wildman–Crippen MR) is 42.2 cm³/mol. The first-order valence-electron chi connectivity index (χ1n) is 3.79. The van der Waals surface area contributed by atoms with Gasteiger partial charge in [-0.05, 0) is 13.8 Å². The molecule has 4 heteroatoms. The largest absolute Gasteiger partial charge is 0.391 e. The fourth-order valence-electron chi connectivity index (χ4n) is 0.710. The number of hydrogen-bond donors (Lipinski definition) is 3. The Morgan fingerprint density at radius 3 is 2.36 bits per heavy atom. The van der Waals surface area contributed by atoms with Crippen molar-refractivity contribution in [2.75, 3.05) is 13.2 Å². The molecule has 11 heavy (non-hydrogen) atoms. The molecule has 68 valence electrons. The second kappa shape index (κ2) is 5.49. The van der Waals surface area contributed by atoms with E-state index in [0.717, 1.165) is 0 Å². The van der Waals surface area contributed by atoms with Crippen LogP contribution in [0.1, 0.15) is 13.8 Å². The second-order valence-corrected chi connectivity index (χ2v) is 2.55. The van der Waals surface area contributed by atoms with Crippen molar-refractivity contribution in [3.8, 4) is 0 Å². The van der Waals surface area contributed by atoms with Crippen LogP contribution in [0.2, 0.25) is 0 Å². The van der Waals surface area contributed by atoms with Crippen LogP contribution in [0.5, 0.6) is 0 Å². The summed E-state index contributed by atoms with van der Waals surface area (Å²) in [6.07, 6.45) is -1.70. The Kier molecular flexibility index (Phi) is 5.41. The van der Waals surface area contributed by atoms with E-state index >= 15 is 0 Å². The van der Waals surface area contributed by atoms with Gasteiger partial charge in [0.05, 0.1) is 24.9 Å². The van der Waals surface area contributed by atoms with E-state index in [0.29, 0.717) is 6.61 Å². The molecule has 0 amide bonds. The zero-order chi connectivity index (χ0) is 8.85. The van der Waals surface area contributed by atoms with Crippen molar-refractivity contribution in [2.24, 2.45) is 5.73 Å². The van der Waals surface area contributed by atoms with Gasteiger partial charge < -0.3 is 20.7 Å². The van der Waals surface area contributed by atoms with Crippen LogP contribution >= 0.6 is 0 Å². The van der Waals surface area contributed by atoms with Crippen LogP contribution in [0.4, 0.5) is 0 Å². The van der Waals surface area contributed by atoms with Gasteiger partial charge in [-0.3, -0.25) is 0 Å². The molecule has 0 aromatic carbocycles. The van der Waals surface area contributed by atoms with Gasteiger partial charge in [-0.15, -0.1) is 0 Å². The third-order valence-electron chi connectivity index (χ3n) is 1.45. The average molecular weight is 163 g/mol. The number of ether oxygens (including phenoxy) is 1. The van der Waals surface area contributed by atoms with Crippen LogP contribution in [0.3, 0.4) is 0 Å². The third kappa shape index (κ3) is 4.31. The van der Waals surface area contributed by atoms with E-state index in [2.05, 4.69) is 0 Å². The Morgan fingerprint density at radius 2 is 2.00 bits per heavy atom. The molecule has 0 saturated carbocycles. The van der Waals surface area contributed by atoms with Crippen molar-refractivity contribution in [3.05, 3.63) is 0 Å². The topological polar surface area (TPSA) is 75.7 Å². The lowest BCUT2D eigenvalue weighted by atomic mass is 10.1. The molecule has 0 unspecified atom stereocenters. The summed E-state index contributed by atoms with van der Waals surface area (Å²) in [7, 11) is 0. The Bertz CT molecular complexity index is 97.7. The lowest BCUT2D eigenvalue weighted by Gasteiger charge is -2.20. The van der Waals surface area contributed by atoms with Crippen LogP contribution in [0.25, 0.3) is 0 Å². The Balaban J connectivity index is 3.55. The minimum Gasteiger partial charge on any atom is -0.391 e. The fourth-order valence-corrected chi connectivity index (χ4v) is 0.710. The maximum atomic E-state index is 9.17. The molecule has 0 aromatic heterocycles. The minimum absolute atomic E-state index is 0.280. The number of rotatable bonds is 5. The maximum Gasteiger partial charge on any atom is 0.0969 e. The number of aliphatic hydroxyl groups excluding tert-OH is 2. The van der Waals surface area contributed by atoms with Crippen LogP contribution in [-0.4, -0.2) is 41.7 Å². The molecule has 0 aromatic rings. The Hall–Kier alpha value is -0.160.